The predicted octanol–water partition coefficient (Wildman–Crippen LogP) is 7.04. The Morgan fingerprint density at radius 2 is 1.60 bits per heavy atom. The van der Waals surface area contributed by atoms with Crippen LogP contribution in [0.4, 0.5) is 26.4 Å². The lowest BCUT2D eigenvalue weighted by Gasteiger charge is -2.32. The summed E-state index contributed by atoms with van der Waals surface area (Å²) in [6.45, 7) is 3.65. The van der Waals surface area contributed by atoms with E-state index in [1.54, 1.807) is 24.4 Å². The average Bonchev–Trinajstić information content (AvgIpc) is 3.98. The number of benzene rings is 2. The van der Waals surface area contributed by atoms with Gasteiger partial charge in [-0.25, -0.2) is 13.5 Å². The van der Waals surface area contributed by atoms with Gasteiger partial charge in [0.05, 0.1) is 35.4 Å². The number of aryl methyl sites for hydroxylation is 1. The fourth-order valence-electron chi connectivity index (χ4n) is 8.67. The minimum absolute atomic E-state index is 0.00760. The number of fused-ring (bicyclic) bond motifs is 2. The first-order valence-electron chi connectivity index (χ1n) is 22.5. The van der Waals surface area contributed by atoms with Crippen molar-refractivity contribution in [3.63, 3.8) is 0 Å². The van der Waals surface area contributed by atoms with Crippen molar-refractivity contribution >= 4 is 58.2 Å². The second-order valence-corrected chi connectivity index (χ2v) is 16.9. The Hall–Kier alpha value is -6.79. The van der Waals surface area contributed by atoms with Gasteiger partial charge >= 0.3 is 0 Å². The molecule has 2 aromatic carbocycles. The number of anilines is 3. The maximum atomic E-state index is 14.4. The van der Waals surface area contributed by atoms with E-state index in [1.165, 1.54) is 12.1 Å². The summed E-state index contributed by atoms with van der Waals surface area (Å²) in [5.41, 5.74) is 2.16. The second-order valence-electron chi connectivity index (χ2n) is 16.9. The number of aromatic nitrogens is 6. The van der Waals surface area contributed by atoms with Crippen LogP contribution in [0.3, 0.4) is 0 Å². The van der Waals surface area contributed by atoms with Gasteiger partial charge in [0.15, 0.2) is 11.5 Å². The number of piperidine rings is 2. The average molecular weight is 894 g/mol. The van der Waals surface area contributed by atoms with E-state index in [4.69, 9.17) is 14.8 Å². The number of carbonyl (C=O) groups is 5. The molecule has 2 fully saturated rings. The third-order valence-corrected chi connectivity index (χ3v) is 12.2. The number of rotatable bonds is 20. The molecule has 6 heterocycles. The molecular formula is C46H53F2N11O6. The Morgan fingerprint density at radius 1 is 0.862 bits per heavy atom. The SMILES string of the molecule is Cc1cc(Nc2nc(NCc3ccc(F)cc3F)nc3c2cnn3C2CCN(C(=O)CCCCCCCCCCCOc3ccc4c(c3)C(=O)N(C3CCC(=O)NC3=O)C4=O)CC2)n[nH]1. The Kier molecular flexibility index (Phi) is 14.0. The van der Waals surface area contributed by atoms with Crippen molar-refractivity contribution in [1.82, 2.24) is 45.1 Å². The Balaban J connectivity index is 0.712. The smallest absolute Gasteiger partial charge is 0.262 e. The summed E-state index contributed by atoms with van der Waals surface area (Å²) in [5, 5.41) is 21.1. The first-order valence-corrected chi connectivity index (χ1v) is 22.5. The van der Waals surface area contributed by atoms with E-state index >= 15 is 0 Å². The normalized spacial score (nSPS) is 16.6. The van der Waals surface area contributed by atoms with Crippen LogP contribution in [-0.4, -0.2) is 95.0 Å². The highest BCUT2D eigenvalue weighted by Crippen LogP contribution is 2.32. The van der Waals surface area contributed by atoms with Gasteiger partial charge in [-0.3, -0.25) is 39.3 Å². The summed E-state index contributed by atoms with van der Waals surface area (Å²) in [6.07, 6.45) is 13.1. The summed E-state index contributed by atoms with van der Waals surface area (Å²) < 4.78 is 35.7. The highest BCUT2D eigenvalue weighted by molar-refractivity contribution is 6.23. The maximum Gasteiger partial charge on any atom is 0.262 e. The lowest BCUT2D eigenvalue weighted by Crippen LogP contribution is -2.54. The molecule has 342 valence electrons. The molecule has 1 unspecified atom stereocenters. The van der Waals surface area contributed by atoms with E-state index in [9.17, 15) is 32.8 Å². The van der Waals surface area contributed by atoms with E-state index < -0.39 is 41.3 Å². The Bertz CT molecular complexity index is 2570. The van der Waals surface area contributed by atoms with Gasteiger partial charge in [0, 0.05) is 55.9 Å². The zero-order valence-corrected chi connectivity index (χ0v) is 36.3. The molecule has 0 radical (unpaired) electrons. The van der Waals surface area contributed by atoms with Crippen molar-refractivity contribution in [2.75, 3.05) is 30.3 Å². The first kappa shape index (κ1) is 44.8. The molecule has 0 bridgehead atoms. The van der Waals surface area contributed by atoms with Crippen LogP contribution in [0.5, 0.6) is 5.75 Å². The zero-order chi connectivity index (χ0) is 45.5. The van der Waals surface area contributed by atoms with Crippen LogP contribution in [0.1, 0.15) is 128 Å². The summed E-state index contributed by atoms with van der Waals surface area (Å²) in [5.74, 6) is -1.51. The lowest BCUT2D eigenvalue weighted by atomic mass is 10.0. The predicted molar refractivity (Wildman–Crippen MR) is 235 cm³/mol. The molecule has 5 aromatic rings. The zero-order valence-electron chi connectivity index (χ0n) is 36.3. The molecule has 0 saturated carbocycles. The highest BCUT2D eigenvalue weighted by atomic mass is 19.1. The monoisotopic (exact) mass is 893 g/mol. The van der Waals surface area contributed by atoms with Gasteiger partial charge in [-0.2, -0.15) is 20.2 Å². The quantitative estimate of drug-likeness (QED) is 0.0458. The van der Waals surface area contributed by atoms with Gasteiger partial charge in [-0.1, -0.05) is 51.0 Å². The van der Waals surface area contributed by atoms with Gasteiger partial charge < -0.3 is 20.3 Å². The van der Waals surface area contributed by atoms with Crippen molar-refractivity contribution in [3.05, 3.63) is 82.7 Å². The Labute approximate surface area is 374 Å². The van der Waals surface area contributed by atoms with Crippen LogP contribution in [0, 0.1) is 18.6 Å². The summed E-state index contributed by atoms with van der Waals surface area (Å²) in [4.78, 5) is 75.3. The van der Waals surface area contributed by atoms with E-state index in [0.717, 1.165) is 74.4 Å². The molecule has 2 saturated heterocycles. The standard InChI is InChI=1S/C46H53F2N11O6/c1-28-23-38(56-55-28)51-41-35-27-50-59(42(35)54-46(53-41)49-26-29-12-13-30(47)24-36(29)48)31-18-20-57(21-19-31)40(61)11-9-7-5-3-2-4-6-8-10-22-65-32-14-15-33-34(25-32)45(64)58(44(33)63)37-16-17-39(60)52-43(37)62/h12-15,23-25,27,31,37H,2-11,16-22,26H2,1H3,(H,52,60,62)(H3,49,51,53,54,55,56). The molecule has 19 heteroatoms. The molecular weight excluding hydrogens is 841 g/mol. The first-order chi connectivity index (χ1) is 31.5. The molecule has 8 rings (SSSR count). The molecule has 3 aromatic heterocycles. The van der Waals surface area contributed by atoms with E-state index in [-0.39, 0.29) is 54.0 Å². The Morgan fingerprint density at radius 3 is 2.32 bits per heavy atom. The summed E-state index contributed by atoms with van der Waals surface area (Å²) in [6, 6.07) is 9.05. The highest BCUT2D eigenvalue weighted by Gasteiger charge is 2.44. The van der Waals surface area contributed by atoms with Crippen LogP contribution in [-0.2, 0) is 20.9 Å². The minimum atomic E-state index is -0.999. The van der Waals surface area contributed by atoms with E-state index in [1.807, 2.05) is 22.6 Å². The van der Waals surface area contributed by atoms with Gasteiger partial charge in [0.2, 0.25) is 23.7 Å². The fraction of sp³-hybridized carbons (Fsp3) is 0.457. The number of H-pyrrole nitrogens is 1. The number of nitrogens with one attached hydrogen (secondary N) is 4. The number of likely N-dealkylation sites (tertiary alicyclic amines) is 1. The lowest BCUT2D eigenvalue weighted by molar-refractivity contribution is -0.136. The van der Waals surface area contributed by atoms with Crippen LogP contribution in [0.25, 0.3) is 11.0 Å². The largest absolute Gasteiger partial charge is 0.494 e. The molecule has 3 aliphatic rings. The van der Waals surface area contributed by atoms with Crippen molar-refractivity contribution < 1.29 is 37.5 Å². The molecule has 17 nitrogen and oxygen atoms in total. The van der Waals surface area contributed by atoms with Gasteiger partial charge in [0.1, 0.15) is 29.2 Å². The second kappa shape index (κ2) is 20.4. The summed E-state index contributed by atoms with van der Waals surface area (Å²) in [7, 11) is 0. The molecule has 5 amide bonds. The van der Waals surface area contributed by atoms with Gasteiger partial charge in [-0.15, -0.1) is 0 Å². The molecule has 1 atom stereocenters. The number of halogens is 2. The van der Waals surface area contributed by atoms with Crippen LogP contribution < -0.4 is 20.7 Å². The van der Waals surface area contributed by atoms with Gasteiger partial charge in [-0.05, 0) is 63.3 Å². The van der Waals surface area contributed by atoms with Crippen LogP contribution in [0.2, 0.25) is 0 Å². The molecule has 65 heavy (non-hydrogen) atoms. The number of ether oxygens (including phenoxy) is 1. The van der Waals surface area contributed by atoms with Crippen molar-refractivity contribution in [2.45, 2.75) is 115 Å². The number of amides is 5. The number of aromatic amines is 1. The van der Waals surface area contributed by atoms with Gasteiger partial charge in [0.25, 0.3) is 11.8 Å². The number of unbranched alkanes of at least 4 members (excludes halogenated alkanes) is 8. The molecule has 3 aliphatic heterocycles. The third kappa shape index (κ3) is 10.6. The molecule has 4 N–H and O–H groups in total. The molecule has 0 aliphatic carbocycles. The number of hydrogen-bond acceptors (Lipinski definition) is 12. The number of carbonyl (C=O) groups excluding carboxylic acids is 5. The van der Waals surface area contributed by atoms with Crippen LogP contribution >= 0.6 is 0 Å². The van der Waals surface area contributed by atoms with Crippen molar-refractivity contribution in [1.29, 1.82) is 0 Å². The van der Waals surface area contributed by atoms with Crippen LogP contribution in [0.15, 0.2) is 48.7 Å². The van der Waals surface area contributed by atoms with Crippen molar-refractivity contribution in [2.24, 2.45) is 0 Å². The third-order valence-electron chi connectivity index (χ3n) is 12.2. The topological polar surface area (TPSA) is 209 Å². The number of imide groups is 2. The van der Waals surface area contributed by atoms with E-state index in [2.05, 4.69) is 31.1 Å². The number of hydrogen-bond donors (Lipinski definition) is 4. The van der Waals surface area contributed by atoms with Crippen molar-refractivity contribution in [3.8, 4) is 5.75 Å². The van der Waals surface area contributed by atoms with E-state index in [0.29, 0.717) is 67.4 Å². The number of nitrogens with zero attached hydrogens (tertiary/aromatic N) is 7. The fourth-order valence-corrected chi connectivity index (χ4v) is 8.67. The maximum absolute atomic E-state index is 14.4. The summed E-state index contributed by atoms with van der Waals surface area (Å²) >= 11 is 0. The molecule has 0 spiro atoms. The minimum Gasteiger partial charge on any atom is -0.494 e.